The maximum Gasteiger partial charge on any atom is 0.221 e. The van der Waals surface area contributed by atoms with Crippen LogP contribution in [0.1, 0.15) is 23.9 Å². The average molecular weight is 178 g/mol. The topological polar surface area (TPSA) is 42.0 Å². The molecular formula is C10H14N2O. The molecule has 0 unspecified atom stereocenters. The third-order valence-electron chi connectivity index (χ3n) is 1.83. The van der Waals surface area contributed by atoms with Gasteiger partial charge >= 0.3 is 0 Å². The fraction of sp³-hybridized carbons (Fsp3) is 0.400. The number of hydrogen-bond acceptors (Lipinski definition) is 2. The molecule has 0 aliphatic rings. The van der Waals surface area contributed by atoms with Crippen LogP contribution in [-0.4, -0.2) is 10.9 Å². The van der Waals surface area contributed by atoms with Crippen molar-refractivity contribution in [3.8, 4) is 0 Å². The molecule has 13 heavy (non-hydrogen) atoms. The van der Waals surface area contributed by atoms with Crippen molar-refractivity contribution >= 4 is 11.6 Å². The van der Waals surface area contributed by atoms with E-state index in [1.807, 2.05) is 26.8 Å². The normalized spacial score (nSPS) is 9.85. The van der Waals surface area contributed by atoms with Crippen LogP contribution in [0.5, 0.6) is 0 Å². The molecule has 0 atom stereocenters. The Morgan fingerprint density at radius 2 is 2.00 bits per heavy atom. The molecule has 0 aliphatic heterocycles. The summed E-state index contributed by atoms with van der Waals surface area (Å²) in [6.07, 6.45) is 0. The second kappa shape index (κ2) is 3.56. The van der Waals surface area contributed by atoms with E-state index in [4.69, 9.17) is 0 Å². The smallest absolute Gasteiger partial charge is 0.221 e. The quantitative estimate of drug-likeness (QED) is 0.714. The minimum atomic E-state index is -0.0585. The summed E-state index contributed by atoms with van der Waals surface area (Å²) in [6, 6.07) is 1.96. The summed E-state index contributed by atoms with van der Waals surface area (Å²) in [7, 11) is 0. The van der Waals surface area contributed by atoms with Crippen molar-refractivity contribution in [3.63, 3.8) is 0 Å². The number of amides is 1. The van der Waals surface area contributed by atoms with Crippen LogP contribution in [0.2, 0.25) is 0 Å². The van der Waals surface area contributed by atoms with Crippen molar-refractivity contribution in [2.75, 3.05) is 5.32 Å². The van der Waals surface area contributed by atoms with Gasteiger partial charge in [-0.25, -0.2) is 0 Å². The van der Waals surface area contributed by atoms with E-state index in [9.17, 15) is 4.79 Å². The van der Waals surface area contributed by atoms with Crippen LogP contribution in [0, 0.1) is 20.8 Å². The molecule has 70 valence electrons. The molecule has 3 nitrogen and oxygen atoms in total. The number of nitrogens with one attached hydrogen (secondary N) is 1. The molecule has 1 aromatic rings. The van der Waals surface area contributed by atoms with Gasteiger partial charge in [0.1, 0.15) is 0 Å². The molecule has 0 aromatic carbocycles. The molecule has 0 bridgehead atoms. The first-order valence-electron chi connectivity index (χ1n) is 4.23. The molecule has 1 aromatic heterocycles. The number of aryl methyl sites for hydroxylation is 3. The standard InChI is InChI=1S/C10H14N2O/c1-6-5-7(2)11-8(3)10(6)12-9(4)13/h5H,1-4H3,(H,12,13). The highest BCUT2D eigenvalue weighted by atomic mass is 16.1. The van der Waals surface area contributed by atoms with E-state index >= 15 is 0 Å². The van der Waals surface area contributed by atoms with Gasteiger partial charge in [-0.05, 0) is 32.4 Å². The summed E-state index contributed by atoms with van der Waals surface area (Å²) in [6.45, 7) is 7.30. The minimum absolute atomic E-state index is 0.0585. The lowest BCUT2D eigenvalue weighted by Crippen LogP contribution is -2.09. The number of carbonyl (C=O) groups is 1. The number of rotatable bonds is 1. The van der Waals surface area contributed by atoms with Gasteiger partial charge in [-0.3, -0.25) is 9.78 Å². The van der Waals surface area contributed by atoms with Crippen molar-refractivity contribution in [2.24, 2.45) is 0 Å². The van der Waals surface area contributed by atoms with Gasteiger partial charge in [0.15, 0.2) is 0 Å². The number of carbonyl (C=O) groups excluding carboxylic acids is 1. The molecule has 3 heteroatoms. The Morgan fingerprint density at radius 3 is 2.46 bits per heavy atom. The largest absolute Gasteiger partial charge is 0.325 e. The number of pyridine rings is 1. The molecule has 0 radical (unpaired) electrons. The molecule has 0 saturated heterocycles. The highest BCUT2D eigenvalue weighted by Gasteiger charge is 2.05. The number of nitrogens with zero attached hydrogens (tertiary/aromatic N) is 1. The number of anilines is 1. The van der Waals surface area contributed by atoms with Gasteiger partial charge in [0.25, 0.3) is 0 Å². The zero-order valence-electron chi connectivity index (χ0n) is 8.43. The molecule has 0 aliphatic carbocycles. The van der Waals surface area contributed by atoms with Crippen LogP contribution in [0.15, 0.2) is 6.07 Å². The fourth-order valence-electron chi connectivity index (χ4n) is 1.39. The van der Waals surface area contributed by atoms with Crippen LogP contribution in [0.25, 0.3) is 0 Å². The third-order valence-corrected chi connectivity index (χ3v) is 1.83. The van der Waals surface area contributed by atoms with E-state index in [1.54, 1.807) is 0 Å². The van der Waals surface area contributed by atoms with Crippen molar-refractivity contribution < 1.29 is 4.79 Å². The fourth-order valence-corrected chi connectivity index (χ4v) is 1.39. The zero-order chi connectivity index (χ0) is 10.0. The maximum absolute atomic E-state index is 10.9. The highest BCUT2D eigenvalue weighted by Crippen LogP contribution is 2.18. The molecule has 1 N–H and O–H groups in total. The average Bonchev–Trinajstić information content (AvgIpc) is 1.96. The molecule has 1 amide bonds. The highest BCUT2D eigenvalue weighted by molar-refractivity contribution is 5.90. The van der Waals surface area contributed by atoms with Crippen LogP contribution in [0.3, 0.4) is 0 Å². The monoisotopic (exact) mass is 178 g/mol. The summed E-state index contributed by atoms with van der Waals surface area (Å²) >= 11 is 0. The molecule has 1 rings (SSSR count). The third kappa shape index (κ3) is 2.28. The molecule has 0 saturated carbocycles. The summed E-state index contributed by atoms with van der Waals surface area (Å²) in [5.74, 6) is -0.0585. The Morgan fingerprint density at radius 1 is 1.38 bits per heavy atom. The van der Waals surface area contributed by atoms with E-state index in [2.05, 4.69) is 10.3 Å². The Balaban J connectivity index is 3.13. The Hall–Kier alpha value is -1.38. The van der Waals surface area contributed by atoms with E-state index in [0.717, 1.165) is 22.6 Å². The predicted octanol–water partition coefficient (Wildman–Crippen LogP) is 1.97. The van der Waals surface area contributed by atoms with Crippen molar-refractivity contribution in [1.82, 2.24) is 4.98 Å². The Labute approximate surface area is 78.2 Å². The lowest BCUT2D eigenvalue weighted by Gasteiger charge is -2.09. The van der Waals surface area contributed by atoms with Gasteiger partial charge in [0.05, 0.1) is 11.4 Å². The Kier molecular flexibility index (Phi) is 2.66. The molecule has 1 heterocycles. The second-order valence-corrected chi connectivity index (χ2v) is 3.22. The lowest BCUT2D eigenvalue weighted by atomic mass is 10.1. The Bertz CT molecular complexity index is 322. The maximum atomic E-state index is 10.9. The van der Waals surface area contributed by atoms with Gasteiger partial charge in [-0.2, -0.15) is 0 Å². The van der Waals surface area contributed by atoms with Crippen molar-refractivity contribution in [2.45, 2.75) is 27.7 Å². The first-order chi connectivity index (χ1) is 6.00. The molecule has 0 fully saturated rings. The summed E-state index contributed by atoms with van der Waals surface area (Å²) in [5, 5.41) is 2.77. The van der Waals surface area contributed by atoms with E-state index < -0.39 is 0 Å². The SMILES string of the molecule is CC(=O)Nc1c(C)cc(C)nc1C. The molecule has 0 spiro atoms. The summed E-state index contributed by atoms with van der Waals surface area (Å²) < 4.78 is 0. The second-order valence-electron chi connectivity index (χ2n) is 3.22. The first kappa shape index (κ1) is 9.71. The van der Waals surface area contributed by atoms with Crippen LogP contribution < -0.4 is 5.32 Å². The lowest BCUT2D eigenvalue weighted by molar-refractivity contribution is -0.114. The number of aromatic nitrogens is 1. The van der Waals surface area contributed by atoms with Crippen LogP contribution >= 0.6 is 0 Å². The van der Waals surface area contributed by atoms with Gasteiger partial charge in [0, 0.05) is 12.6 Å². The van der Waals surface area contributed by atoms with Crippen LogP contribution in [0.4, 0.5) is 5.69 Å². The number of hydrogen-bond donors (Lipinski definition) is 1. The van der Waals surface area contributed by atoms with Gasteiger partial charge < -0.3 is 5.32 Å². The first-order valence-corrected chi connectivity index (χ1v) is 4.23. The van der Waals surface area contributed by atoms with E-state index in [-0.39, 0.29) is 5.91 Å². The van der Waals surface area contributed by atoms with Crippen molar-refractivity contribution in [3.05, 3.63) is 23.0 Å². The van der Waals surface area contributed by atoms with Gasteiger partial charge in [-0.1, -0.05) is 0 Å². The predicted molar refractivity (Wildman–Crippen MR) is 52.8 cm³/mol. The van der Waals surface area contributed by atoms with E-state index in [0.29, 0.717) is 0 Å². The minimum Gasteiger partial charge on any atom is -0.325 e. The van der Waals surface area contributed by atoms with Gasteiger partial charge in [0.2, 0.25) is 5.91 Å². The van der Waals surface area contributed by atoms with Crippen molar-refractivity contribution in [1.29, 1.82) is 0 Å². The molecular weight excluding hydrogens is 164 g/mol. The van der Waals surface area contributed by atoms with Gasteiger partial charge in [-0.15, -0.1) is 0 Å². The summed E-state index contributed by atoms with van der Waals surface area (Å²) in [4.78, 5) is 15.1. The van der Waals surface area contributed by atoms with E-state index in [1.165, 1.54) is 6.92 Å². The van der Waals surface area contributed by atoms with Crippen LogP contribution in [-0.2, 0) is 4.79 Å². The summed E-state index contributed by atoms with van der Waals surface area (Å²) in [5.41, 5.74) is 3.73. The zero-order valence-corrected chi connectivity index (χ0v) is 8.43.